The van der Waals surface area contributed by atoms with Gasteiger partial charge in [-0.05, 0) is 51.6 Å². The molecule has 0 amide bonds. The van der Waals surface area contributed by atoms with Crippen LogP contribution in [0.2, 0.25) is 0 Å². The molecule has 0 saturated carbocycles. The Kier molecular flexibility index (Phi) is 5.34. The first-order chi connectivity index (χ1) is 10.1. The van der Waals surface area contributed by atoms with Gasteiger partial charge >= 0.3 is 0 Å². The summed E-state index contributed by atoms with van der Waals surface area (Å²) in [6.07, 6.45) is 0. The van der Waals surface area contributed by atoms with Crippen LogP contribution in [0, 0.1) is 13.8 Å². The topological polar surface area (TPSA) is 28.2 Å². The van der Waals surface area contributed by atoms with Crippen LogP contribution in [-0.4, -0.2) is 18.6 Å². The van der Waals surface area contributed by atoms with Crippen LogP contribution in [0.15, 0.2) is 36.4 Å². The highest BCUT2D eigenvalue weighted by Gasteiger charge is 2.11. The molecule has 0 aliphatic carbocycles. The first-order valence-electron chi connectivity index (χ1n) is 7.55. The lowest BCUT2D eigenvalue weighted by Gasteiger charge is -2.26. The van der Waals surface area contributed by atoms with E-state index in [1.54, 1.807) is 0 Å². The summed E-state index contributed by atoms with van der Waals surface area (Å²) in [6.45, 7) is 9.07. The molecule has 1 aromatic carbocycles. The molecule has 0 saturated heterocycles. The minimum atomic E-state index is 0.845. The van der Waals surface area contributed by atoms with Crippen molar-refractivity contribution in [2.75, 3.05) is 18.5 Å². The summed E-state index contributed by atoms with van der Waals surface area (Å²) in [5.41, 5.74) is 6.12. The van der Waals surface area contributed by atoms with E-state index in [4.69, 9.17) is 0 Å². The van der Waals surface area contributed by atoms with E-state index in [0.717, 1.165) is 31.0 Å². The summed E-state index contributed by atoms with van der Waals surface area (Å²) < 4.78 is 0. The molecule has 0 unspecified atom stereocenters. The Hall–Kier alpha value is -1.87. The molecular formula is C18H25N3. The zero-order valence-corrected chi connectivity index (χ0v) is 13.5. The van der Waals surface area contributed by atoms with E-state index in [-0.39, 0.29) is 0 Å². The lowest BCUT2D eigenvalue weighted by Crippen LogP contribution is -2.25. The van der Waals surface area contributed by atoms with Gasteiger partial charge in [0.05, 0.1) is 12.2 Å². The van der Waals surface area contributed by atoms with Crippen LogP contribution in [0.25, 0.3) is 0 Å². The van der Waals surface area contributed by atoms with Crippen molar-refractivity contribution < 1.29 is 0 Å². The van der Waals surface area contributed by atoms with Crippen molar-refractivity contribution in [3.63, 3.8) is 0 Å². The second-order valence-electron chi connectivity index (χ2n) is 5.45. The molecule has 0 aliphatic rings. The van der Waals surface area contributed by atoms with Gasteiger partial charge in [0.25, 0.3) is 0 Å². The smallest absolute Gasteiger partial charge is 0.0602 e. The predicted molar refractivity (Wildman–Crippen MR) is 89.6 cm³/mol. The highest BCUT2D eigenvalue weighted by atomic mass is 15.1. The lowest BCUT2D eigenvalue weighted by atomic mass is 10.1. The zero-order valence-electron chi connectivity index (χ0n) is 13.5. The number of hydrogen-bond acceptors (Lipinski definition) is 3. The minimum absolute atomic E-state index is 0.845. The van der Waals surface area contributed by atoms with Gasteiger partial charge in [0.15, 0.2) is 0 Å². The molecule has 21 heavy (non-hydrogen) atoms. The van der Waals surface area contributed by atoms with Gasteiger partial charge in [0, 0.05) is 24.5 Å². The number of rotatable bonds is 6. The number of aryl methyl sites for hydroxylation is 2. The van der Waals surface area contributed by atoms with Crippen LogP contribution in [0.3, 0.4) is 0 Å². The summed E-state index contributed by atoms with van der Waals surface area (Å²) in [7, 11) is 1.99. The van der Waals surface area contributed by atoms with Crippen molar-refractivity contribution in [3.05, 3.63) is 58.9 Å². The largest absolute Gasteiger partial charge is 0.366 e. The van der Waals surface area contributed by atoms with Crippen molar-refractivity contribution in [2.45, 2.75) is 33.9 Å². The van der Waals surface area contributed by atoms with Gasteiger partial charge < -0.3 is 10.2 Å². The van der Waals surface area contributed by atoms with Crippen molar-refractivity contribution in [1.82, 2.24) is 10.3 Å². The standard InChI is InChI=1S/C18H25N3/c1-5-21(13-17-8-6-7-15(3)20-17)18-10-9-14(2)11-16(18)12-19-4/h6-11,19H,5,12-13H2,1-4H3. The van der Waals surface area contributed by atoms with Crippen LogP contribution >= 0.6 is 0 Å². The van der Waals surface area contributed by atoms with E-state index in [0.29, 0.717) is 0 Å². The Bertz CT molecular complexity index is 593. The van der Waals surface area contributed by atoms with Gasteiger partial charge in [0.1, 0.15) is 0 Å². The van der Waals surface area contributed by atoms with E-state index in [2.05, 4.69) is 59.4 Å². The van der Waals surface area contributed by atoms with Gasteiger partial charge in [-0.15, -0.1) is 0 Å². The normalized spacial score (nSPS) is 10.7. The van der Waals surface area contributed by atoms with E-state index in [1.807, 2.05) is 20.0 Å². The summed E-state index contributed by atoms with van der Waals surface area (Å²) >= 11 is 0. The Morgan fingerprint density at radius 1 is 1.14 bits per heavy atom. The van der Waals surface area contributed by atoms with Gasteiger partial charge in [-0.25, -0.2) is 0 Å². The molecule has 2 aromatic rings. The molecule has 0 spiro atoms. The maximum absolute atomic E-state index is 4.62. The quantitative estimate of drug-likeness (QED) is 0.880. The van der Waals surface area contributed by atoms with Crippen molar-refractivity contribution in [2.24, 2.45) is 0 Å². The molecule has 0 atom stereocenters. The van der Waals surface area contributed by atoms with E-state index in [9.17, 15) is 0 Å². The molecule has 0 aliphatic heterocycles. The highest BCUT2D eigenvalue weighted by Crippen LogP contribution is 2.23. The molecule has 3 nitrogen and oxygen atoms in total. The summed E-state index contributed by atoms with van der Waals surface area (Å²) in [4.78, 5) is 7.01. The van der Waals surface area contributed by atoms with Crippen LogP contribution in [0.1, 0.15) is 29.4 Å². The number of pyridine rings is 1. The molecule has 0 radical (unpaired) electrons. The molecule has 0 fully saturated rings. The van der Waals surface area contributed by atoms with Crippen molar-refractivity contribution in [3.8, 4) is 0 Å². The molecule has 1 N–H and O–H groups in total. The first kappa shape index (κ1) is 15.5. The lowest BCUT2D eigenvalue weighted by molar-refractivity contribution is 0.773. The Morgan fingerprint density at radius 3 is 2.62 bits per heavy atom. The summed E-state index contributed by atoms with van der Waals surface area (Å²) in [5.74, 6) is 0. The molecule has 1 aromatic heterocycles. The maximum Gasteiger partial charge on any atom is 0.0602 e. The third kappa shape index (κ3) is 4.05. The monoisotopic (exact) mass is 283 g/mol. The third-order valence-electron chi connectivity index (χ3n) is 3.62. The van der Waals surface area contributed by atoms with E-state index in [1.165, 1.54) is 16.8 Å². The number of aromatic nitrogens is 1. The van der Waals surface area contributed by atoms with Gasteiger partial charge in [-0.1, -0.05) is 23.8 Å². The summed E-state index contributed by atoms with van der Waals surface area (Å²) in [6, 6.07) is 12.9. The molecular weight excluding hydrogens is 258 g/mol. The van der Waals surface area contributed by atoms with Crippen molar-refractivity contribution in [1.29, 1.82) is 0 Å². The van der Waals surface area contributed by atoms with E-state index >= 15 is 0 Å². The second-order valence-corrected chi connectivity index (χ2v) is 5.45. The van der Waals surface area contributed by atoms with E-state index < -0.39 is 0 Å². The minimum Gasteiger partial charge on any atom is -0.366 e. The average Bonchev–Trinajstić information content (AvgIpc) is 2.46. The van der Waals surface area contributed by atoms with Crippen LogP contribution in [0.5, 0.6) is 0 Å². The first-order valence-corrected chi connectivity index (χ1v) is 7.55. The van der Waals surface area contributed by atoms with Crippen molar-refractivity contribution >= 4 is 5.69 Å². The molecule has 3 heteroatoms. The number of nitrogens with one attached hydrogen (secondary N) is 1. The maximum atomic E-state index is 4.62. The number of hydrogen-bond donors (Lipinski definition) is 1. The number of benzene rings is 1. The number of anilines is 1. The fraction of sp³-hybridized carbons (Fsp3) is 0.389. The molecule has 1 heterocycles. The molecule has 112 valence electrons. The average molecular weight is 283 g/mol. The van der Waals surface area contributed by atoms with Crippen LogP contribution < -0.4 is 10.2 Å². The SMILES string of the molecule is CCN(Cc1cccc(C)n1)c1ccc(C)cc1CNC. The van der Waals surface area contributed by atoms with Gasteiger partial charge in [0.2, 0.25) is 0 Å². The third-order valence-corrected chi connectivity index (χ3v) is 3.62. The second kappa shape index (κ2) is 7.23. The number of nitrogens with zero attached hydrogens (tertiary/aromatic N) is 2. The fourth-order valence-corrected chi connectivity index (χ4v) is 2.61. The highest BCUT2D eigenvalue weighted by molar-refractivity contribution is 5.55. The Morgan fingerprint density at radius 2 is 1.95 bits per heavy atom. The predicted octanol–water partition coefficient (Wildman–Crippen LogP) is 3.44. The molecule has 0 bridgehead atoms. The zero-order chi connectivity index (χ0) is 15.2. The van der Waals surface area contributed by atoms with Gasteiger partial charge in [-0.2, -0.15) is 0 Å². The van der Waals surface area contributed by atoms with Gasteiger partial charge in [-0.3, -0.25) is 4.98 Å². The Labute approximate surface area is 128 Å². The molecule has 2 rings (SSSR count). The van der Waals surface area contributed by atoms with Crippen LogP contribution in [-0.2, 0) is 13.1 Å². The summed E-state index contributed by atoms with van der Waals surface area (Å²) in [5, 5.41) is 3.26. The Balaban J connectivity index is 2.28. The van der Waals surface area contributed by atoms with Crippen LogP contribution in [0.4, 0.5) is 5.69 Å². The fourth-order valence-electron chi connectivity index (χ4n) is 2.61.